The highest BCUT2D eigenvalue weighted by atomic mass is 16.5. The van der Waals surface area contributed by atoms with Gasteiger partial charge >= 0.3 is 0 Å². The number of hydrogen-bond donors (Lipinski definition) is 2. The van der Waals surface area contributed by atoms with Crippen molar-refractivity contribution in [1.82, 2.24) is 4.98 Å². The van der Waals surface area contributed by atoms with Crippen molar-refractivity contribution in [1.29, 1.82) is 0 Å². The topological polar surface area (TPSA) is 80.5 Å². The van der Waals surface area contributed by atoms with Crippen LogP contribution in [0.5, 0.6) is 0 Å². The molecule has 1 fully saturated rings. The van der Waals surface area contributed by atoms with Gasteiger partial charge in [0.25, 0.3) is 0 Å². The third-order valence-corrected chi connectivity index (χ3v) is 2.97. The first-order valence-electron chi connectivity index (χ1n) is 5.83. The Morgan fingerprint density at radius 3 is 2.83 bits per heavy atom. The Kier molecular flexibility index (Phi) is 3.49. The van der Waals surface area contributed by atoms with Gasteiger partial charge in [-0.2, -0.15) is 0 Å². The number of nitrogens with one attached hydrogen (secondary N) is 1. The van der Waals surface area contributed by atoms with Crippen LogP contribution in [-0.2, 0) is 9.53 Å². The highest BCUT2D eigenvalue weighted by Crippen LogP contribution is 2.19. The zero-order chi connectivity index (χ0) is 13.2. The predicted octanol–water partition coefficient (Wildman–Crippen LogP) is 0.204. The number of nitrogens with zero attached hydrogens (tertiary/aromatic N) is 2. The molecule has 98 valence electrons. The molecule has 1 unspecified atom stereocenters. The van der Waals surface area contributed by atoms with Crippen molar-refractivity contribution in [2.45, 2.75) is 12.0 Å². The van der Waals surface area contributed by atoms with Crippen LogP contribution in [0.1, 0.15) is 6.42 Å². The lowest BCUT2D eigenvalue weighted by Gasteiger charge is -2.20. The van der Waals surface area contributed by atoms with Crippen LogP contribution >= 0.6 is 0 Å². The number of anilines is 2. The zero-order valence-corrected chi connectivity index (χ0v) is 10.6. The highest BCUT2D eigenvalue weighted by molar-refractivity contribution is 5.98. The van der Waals surface area contributed by atoms with E-state index in [0.717, 1.165) is 5.82 Å². The molecule has 1 atom stereocenters. The fourth-order valence-electron chi connectivity index (χ4n) is 1.74. The van der Waals surface area contributed by atoms with Crippen LogP contribution < -0.4 is 16.0 Å². The number of rotatable bonds is 3. The van der Waals surface area contributed by atoms with Crippen LogP contribution in [0.15, 0.2) is 18.3 Å². The summed E-state index contributed by atoms with van der Waals surface area (Å²) in [6.45, 7) is 0.795. The second-order valence-corrected chi connectivity index (χ2v) is 4.71. The minimum atomic E-state index is -0.916. The predicted molar refractivity (Wildman–Crippen MR) is 69.5 cm³/mol. The molecule has 1 saturated heterocycles. The Bertz CT molecular complexity index is 424. The standard InChI is InChI=1S/C12H18N4O2/c1-16(2)10-4-3-9(7-14-10)15-11(17)12(13)5-6-18-8-12/h3-4,7H,5-6,8,13H2,1-2H3,(H,15,17). The van der Waals surface area contributed by atoms with Crippen molar-refractivity contribution in [2.75, 3.05) is 37.5 Å². The Balaban J connectivity index is 2.03. The lowest BCUT2D eigenvalue weighted by Crippen LogP contribution is -2.51. The number of aromatic nitrogens is 1. The molecular weight excluding hydrogens is 232 g/mol. The van der Waals surface area contributed by atoms with Crippen molar-refractivity contribution < 1.29 is 9.53 Å². The first kappa shape index (κ1) is 12.8. The van der Waals surface area contributed by atoms with E-state index in [1.807, 2.05) is 25.1 Å². The summed E-state index contributed by atoms with van der Waals surface area (Å²) in [5.74, 6) is 0.610. The lowest BCUT2D eigenvalue weighted by molar-refractivity contribution is -0.121. The molecular formula is C12H18N4O2. The Morgan fingerprint density at radius 1 is 1.56 bits per heavy atom. The summed E-state index contributed by atoms with van der Waals surface area (Å²) < 4.78 is 5.16. The third-order valence-electron chi connectivity index (χ3n) is 2.97. The van der Waals surface area contributed by atoms with E-state index in [1.54, 1.807) is 12.3 Å². The van der Waals surface area contributed by atoms with Gasteiger partial charge in [-0.25, -0.2) is 4.98 Å². The van der Waals surface area contributed by atoms with Crippen molar-refractivity contribution in [3.63, 3.8) is 0 Å². The molecule has 0 radical (unpaired) electrons. The summed E-state index contributed by atoms with van der Waals surface area (Å²) in [6.07, 6.45) is 2.16. The van der Waals surface area contributed by atoms with E-state index in [1.165, 1.54) is 0 Å². The van der Waals surface area contributed by atoms with Crippen LogP contribution in [0.4, 0.5) is 11.5 Å². The van der Waals surface area contributed by atoms with Crippen molar-refractivity contribution in [3.8, 4) is 0 Å². The normalized spacial score (nSPS) is 22.8. The average molecular weight is 250 g/mol. The van der Waals surface area contributed by atoms with Gasteiger partial charge in [0.2, 0.25) is 5.91 Å². The summed E-state index contributed by atoms with van der Waals surface area (Å²) >= 11 is 0. The molecule has 2 rings (SSSR count). The molecule has 3 N–H and O–H groups in total. The number of carbonyl (C=O) groups is 1. The molecule has 1 amide bonds. The molecule has 0 saturated carbocycles. The number of carbonyl (C=O) groups excluding carboxylic acids is 1. The molecule has 0 spiro atoms. The summed E-state index contributed by atoms with van der Waals surface area (Å²) in [5, 5.41) is 2.77. The van der Waals surface area contributed by atoms with E-state index in [4.69, 9.17) is 10.5 Å². The maximum absolute atomic E-state index is 12.0. The monoisotopic (exact) mass is 250 g/mol. The molecule has 1 aliphatic rings. The summed E-state index contributed by atoms with van der Waals surface area (Å²) in [4.78, 5) is 18.1. The van der Waals surface area contributed by atoms with E-state index in [9.17, 15) is 4.79 Å². The summed E-state index contributed by atoms with van der Waals surface area (Å²) in [6, 6.07) is 3.64. The molecule has 6 nitrogen and oxygen atoms in total. The van der Waals surface area contributed by atoms with Crippen LogP contribution in [0.3, 0.4) is 0 Å². The number of amides is 1. The Labute approximate surface area is 106 Å². The first-order valence-corrected chi connectivity index (χ1v) is 5.83. The van der Waals surface area contributed by atoms with Gasteiger partial charge in [-0.3, -0.25) is 4.79 Å². The molecule has 2 heterocycles. The SMILES string of the molecule is CN(C)c1ccc(NC(=O)C2(N)CCOC2)cn1. The highest BCUT2D eigenvalue weighted by Gasteiger charge is 2.38. The van der Waals surface area contributed by atoms with E-state index in [2.05, 4.69) is 10.3 Å². The van der Waals surface area contributed by atoms with Gasteiger partial charge in [0.15, 0.2) is 0 Å². The Hall–Kier alpha value is -1.66. The van der Waals surface area contributed by atoms with Gasteiger partial charge in [-0.1, -0.05) is 0 Å². The minimum Gasteiger partial charge on any atom is -0.379 e. The molecule has 18 heavy (non-hydrogen) atoms. The Morgan fingerprint density at radius 2 is 2.33 bits per heavy atom. The number of nitrogens with two attached hydrogens (primary N) is 1. The summed E-state index contributed by atoms with van der Waals surface area (Å²) in [7, 11) is 3.82. The molecule has 0 aliphatic carbocycles. The van der Waals surface area contributed by atoms with Crippen molar-refractivity contribution in [2.24, 2.45) is 5.73 Å². The van der Waals surface area contributed by atoms with E-state index >= 15 is 0 Å². The van der Waals surface area contributed by atoms with Gasteiger partial charge in [0.05, 0.1) is 18.5 Å². The van der Waals surface area contributed by atoms with Gasteiger partial charge in [-0.15, -0.1) is 0 Å². The van der Waals surface area contributed by atoms with Crippen LogP contribution in [0.2, 0.25) is 0 Å². The van der Waals surface area contributed by atoms with Crippen LogP contribution in [0.25, 0.3) is 0 Å². The maximum Gasteiger partial charge on any atom is 0.246 e. The molecule has 0 aromatic carbocycles. The molecule has 1 aliphatic heterocycles. The minimum absolute atomic E-state index is 0.223. The maximum atomic E-state index is 12.0. The number of ether oxygens (including phenoxy) is 1. The second kappa shape index (κ2) is 4.91. The van der Waals surface area contributed by atoms with Gasteiger partial charge < -0.3 is 20.7 Å². The van der Waals surface area contributed by atoms with Gasteiger partial charge in [-0.05, 0) is 18.6 Å². The molecule has 1 aromatic rings. The van der Waals surface area contributed by atoms with Crippen molar-refractivity contribution in [3.05, 3.63) is 18.3 Å². The van der Waals surface area contributed by atoms with Crippen LogP contribution in [0, 0.1) is 0 Å². The quantitative estimate of drug-likeness (QED) is 0.801. The summed E-state index contributed by atoms with van der Waals surface area (Å²) in [5.41, 5.74) is 5.69. The van der Waals surface area contributed by atoms with Crippen LogP contribution in [-0.4, -0.2) is 43.7 Å². The number of hydrogen-bond acceptors (Lipinski definition) is 5. The van der Waals surface area contributed by atoms with E-state index in [-0.39, 0.29) is 12.5 Å². The lowest BCUT2D eigenvalue weighted by atomic mass is 9.99. The van der Waals surface area contributed by atoms with Gasteiger partial charge in [0, 0.05) is 20.7 Å². The average Bonchev–Trinajstić information content (AvgIpc) is 2.78. The van der Waals surface area contributed by atoms with E-state index < -0.39 is 5.54 Å². The first-order chi connectivity index (χ1) is 8.51. The molecule has 6 heteroatoms. The van der Waals surface area contributed by atoms with Crippen molar-refractivity contribution >= 4 is 17.4 Å². The third kappa shape index (κ3) is 2.60. The number of pyridine rings is 1. The fourth-order valence-corrected chi connectivity index (χ4v) is 1.74. The largest absolute Gasteiger partial charge is 0.379 e. The molecule has 0 bridgehead atoms. The van der Waals surface area contributed by atoms with E-state index in [0.29, 0.717) is 18.7 Å². The van der Waals surface area contributed by atoms with Gasteiger partial charge in [0.1, 0.15) is 11.4 Å². The zero-order valence-electron chi connectivity index (χ0n) is 10.6. The second-order valence-electron chi connectivity index (χ2n) is 4.71. The fraction of sp³-hybridized carbons (Fsp3) is 0.500. The smallest absolute Gasteiger partial charge is 0.246 e. The molecule has 1 aromatic heterocycles.